The van der Waals surface area contributed by atoms with Crippen LogP contribution in [0.25, 0.3) is 0 Å². The molecule has 1 amide bonds. The lowest BCUT2D eigenvalue weighted by Crippen LogP contribution is -2.09. The maximum atomic E-state index is 11.3. The van der Waals surface area contributed by atoms with E-state index in [1.165, 1.54) is 76.7 Å². The molecule has 2 nitrogen and oxygen atoms in total. The van der Waals surface area contributed by atoms with Crippen molar-refractivity contribution in [2.75, 3.05) is 6.54 Å². The summed E-state index contributed by atoms with van der Waals surface area (Å²) >= 11 is 0. The van der Waals surface area contributed by atoms with Crippen molar-refractivity contribution in [3.05, 3.63) is 12.7 Å². The highest BCUT2D eigenvalue weighted by atomic mass is 16.2. The highest BCUT2D eigenvalue weighted by molar-refractivity contribution is 5.89. The molecule has 0 bridgehead atoms. The monoisotopic (exact) mass is 265 g/mol. The van der Waals surface area contributed by atoms with Crippen LogP contribution in [0.5, 0.6) is 0 Å². The van der Waals surface area contributed by atoms with E-state index in [2.05, 4.69) is 13.5 Å². The minimum absolute atomic E-state index is 0.108. The topological polar surface area (TPSA) is 20.1 Å². The fraction of sp³-hybridized carbons (Fsp3) is 0.824. The second kappa shape index (κ2) is 10.1. The summed E-state index contributed by atoms with van der Waals surface area (Å²) in [7, 11) is 0. The summed E-state index contributed by atoms with van der Waals surface area (Å²) in [5.41, 5.74) is 0. The molecule has 0 aromatic rings. The molecule has 110 valence electrons. The van der Waals surface area contributed by atoms with E-state index < -0.39 is 0 Å². The Kier molecular flexibility index (Phi) is 8.61. The van der Waals surface area contributed by atoms with Crippen LogP contribution in [-0.4, -0.2) is 23.4 Å². The molecule has 0 aromatic heterocycles. The Hall–Kier alpha value is -0.790. The molecule has 1 unspecified atom stereocenters. The maximum absolute atomic E-state index is 11.3. The third kappa shape index (κ3) is 7.39. The van der Waals surface area contributed by atoms with E-state index in [4.69, 9.17) is 0 Å². The molecule has 1 aliphatic rings. The first-order chi connectivity index (χ1) is 9.29. The second-order valence-electron chi connectivity index (χ2n) is 5.82. The molecule has 1 saturated heterocycles. The number of rotatable bonds is 12. The van der Waals surface area contributed by atoms with Crippen LogP contribution >= 0.6 is 0 Å². The van der Waals surface area contributed by atoms with Gasteiger partial charge in [-0.05, 0) is 12.5 Å². The molecule has 0 aromatic carbocycles. The van der Waals surface area contributed by atoms with Crippen molar-refractivity contribution in [1.82, 2.24) is 4.90 Å². The smallest absolute Gasteiger partial charge is 0.246 e. The molecule has 0 spiro atoms. The Morgan fingerprint density at radius 2 is 1.58 bits per heavy atom. The van der Waals surface area contributed by atoms with E-state index in [1.807, 2.05) is 4.90 Å². The Labute approximate surface area is 119 Å². The molecule has 0 saturated carbocycles. The van der Waals surface area contributed by atoms with Gasteiger partial charge in [-0.2, -0.15) is 0 Å². The molecule has 1 aliphatic heterocycles. The minimum Gasteiger partial charge on any atom is -0.332 e. The predicted molar refractivity (Wildman–Crippen MR) is 82.2 cm³/mol. The van der Waals surface area contributed by atoms with Crippen LogP contribution in [0.2, 0.25) is 0 Å². The highest BCUT2D eigenvalue weighted by Crippen LogP contribution is 2.24. The van der Waals surface area contributed by atoms with Crippen LogP contribution in [0.4, 0.5) is 0 Å². The molecule has 0 radical (unpaired) electrons. The average Bonchev–Trinajstić information content (AvgIpc) is 3.19. The largest absolute Gasteiger partial charge is 0.332 e. The van der Waals surface area contributed by atoms with E-state index in [-0.39, 0.29) is 5.91 Å². The Balaban J connectivity index is 1.78. The van der Waals surface area contributed by atoms with Gasteiger partial charge in [0.2, 0.25) is 5.91 Å². The van der Waals surface area contributed by atoms with Gasteiger partial charge in [-0.25, -0.2) is 0 Å². The van der Waals surface area contributed by atoms with Crippen LogP contribution in [0, 0.1) is 0 Å². The summed E-state index contributed by atoms with van der Waals surface area (Å²) in [6.45, 7) is 6.75. The first-order valence-electron chi connectivity index (χ1n) is 8.22. The number of amides is 1. The number of hydrogen-bond acceptors (Lipinski definition) is 1. The third-order valence-electron chi connectivity index (χ3n) is 4.06. The molecule has 1 fully saturated rings. The van der Waals surface area contributed by atoms with Crippen molar-refractivity contribution in [3.63, 3.8) is 0 Å². The van der Waals surface area contributed by atoms with E-state index in [0.29, 0.717) is 6.04 Å². The zero-order chi connectivity index (χ0) is 13.9. The van der Waals surface area contributed by atoms with E-state index in [9.17, 15) is 4.79 Å². The van der Waals surface area contributed by atoms with Crippen LogP contribution in [0.3, 0.4) is 0 Å². The van der Waals surface area contributed by atoms with Gasteiger partial charge >= 0.3 is 0 Å². The summed E-state index contributed by atoms with van der Waals surface area (Å²) in [6, 6.07) is 0.527. The maximum Gasteiger partial charge on any atom is 0.246 e. The Morgan fingerprint density at radius 1 is 1.05 bits per heavy atom. The number of unbranched alkanes of at least 4 members (excludes halogenated alkanes) is 9. The van der Waals surface area contributed by atoms with Crippen molar-refractivity contribution in [3.8, 4) is 0 Å². The summed E-state index contributed by atoms with van der Waals surface area (Å²) in [5, 5.41) is 0. The molecular formula is C17H31NO. The van der Waals surface area contributed by atoms with Gasteiger partial charge in [0.05, 0.1) is 0 Å². The molecule has 0 N–H and O–H groups in total. The normalized spacial score (nSPS) is 17.5. The van der Waals surface area contributed by atoms with Gasteiger partial charge in [-0.15, -0.1) is 0 Å². The summed E-state index contributed by atoms with van der Waals surface area (Å²) < 4.78 is 0. The van der Waals surface area contributed by atoms with Gasteiger partial charge in [0, 0.05) is 12.6 Å². The first-order valence-corrected chi connectivity index (χ1v) is 8.22. The molecular weight excluding hydrogens is 234 g/mol. The SMILES string of the molecule is C=CC(=O)N1CC1CCCCCCCCCCCC. The van der Waals surface area contributed by atoms with Crippen LogP contribution in [-0.2, 0) is 4.79 Å². The standard InChI is InChI=1S/C17H31NO/c1-3-5-6-7-8-9-10-11-12-13-14-16-15-18(16)17(19)4-2/h4,16H,2-3,5-15H2,1H3. The number of carbonyl (C=O) groups is 1. The molecule has 0 aliphatic carbocycles. The zero-order valence-corrected chi connectivity index (χ0v) is 12.7. The Bertz CT molecular complexity index is 262. The molecule has 19 heavy (non-hydrogen) atoms. The number of hydrogen-bond donors (Lipinski definition) is 0. The quantitative estimate of drug-likeness (QED) is 0.285. The van der Waals surface area contributed by atoms with Crippen LogP contribution in [0.15, 0.2) is 12.7 Å². The van der Waals surface area contributed by atoms with Crippen LogP contribution < -0.4 is 0 Å². The summed E-state index contributed by atoms with van der Waals surface area (Å²) in [6.07, 6.45) is 16.4. The van der Waals surface area contributed by atoms with Gasteiger partial charge < -0.3 is 4.90 Å². The lowest BCUT2D eigenvalue weighted by molar-refractivity contribution is -0.121. The lowest BCUT2D eigenvalue weighted by atomic mass is 10.1. The van der Waals surface area contributed by atoms with Crippen molar-refractivity contribution in [2.24, 2.45) is 0 Å². The summed E-state index contributed by atoms with van der Waals surface area (Å²) in [5.74, 6) is 0.108. The third-order valence-corrected chi connectivity index (χ3v) is 4.06. The highest BCUT2D eigenvalue weighted by Gasteiger charge is 2.35. The van der Waals surface area contributed by atoms with Gasteiger partial charge in [-0.1, -0.05) is 77.7 Å². The Morgan fingerprint density at radius 3 is 2.11 bits per heavy atom. The predicted octanol–water partition coefficient (Wildman–Crippen LogP) is 4.69. The van der Waals surface area contributed by atoms with Crippen LogP contribution in [0.1, 0.15) is 77.6 Å². The fourth-order valence-corrected chi connectivity index (χ4v) is 2.68. The van der Waals surface area contributed by atoms with Gasteiger partial charge in [0.15, 0.2) is 0 Å². The molecule has 1 heterocycles. The minimum atomic E-state index is 0.108. The molecule has 2 heteroatoms. The van der Waals surface area contributed by atoms with Gasteiger partial charge in [-0.3, -0.25) is 4.79 Å². The van der Waals surface area contributed by atoms with Crippen molar-refractivity contribution in [2.45, 2.75) is 83.6 Å². The van der Waals surface area contributed by atoms with Gasteiger partial charge in [0.1, 0.15) is 0 Å². The van der Waals surface area contributed by atoms with E-state index >= 15 is 0 Å². The average molecular weight is 265 g/mol. The number of nitrogens with zero attached hydrogens (tertiary/aromatic N) is 1. The van der Waals surface area contributed by atoms with E-state index in [0.717, 1.165) is 6.54 Å². The second-order valence-corrected chi connectivity index (χ2v) is 5.82. The lowest BCUT2D eigenvalue weighted by Gasteiger charge is -2.03. The van der Waals surface area contributed by atoms with Crippen molar-refractivity contribution in [1.29, 1.82) is 0 Å². The molecule has 1 rings (SSSR count). The van der Waals surface area contributed by atoms with Crippen molar-refractivity contribution >= 4 is 5.91 Å². The fourth-order valence-electron chi connectivity index (χ4n) is 2.68. The van der Waals surface area contributed by atoms with Crippen molar-refractivity contribution < 1.29 is 4.79 Å². The summed E-state index contributed by atoms with van der Waals surface area (Å²) in [4.78, 5) is 13.2. The van der Waals surface area contributed by atoms with Gasteiger partial charge in [0.25, 0.3) is 0 Å². The first kappa shape index (κ1) is 16.3. The molecule has 1 atom stereocenters. The number of carbonyl (C=O) groups excluding carboxylic acids is 1. The van der Waals surface area contributed by atoms with E-state index in [1.54, 1.807) is 0 Å². The zero-order valence-electron chi connectivity index (χ0n) is 12.7.